The predicted octanol–water partition coefficient (Wildman–Crippen LogP) is 4.46. The van der Waals surface area contributed by atoms with Crippen molar-refractivity contribution in [2.24, 2.45) is 0 Å². The number of urea groups is 1. The van der Waals surface area contributed by atoms with E-state index in [9.17, 15) is 17.6 Å². The van der Waals surface area contributed by atoms with Gasteiger partial charge < -0.3 is 19.9 Å². The number of hydrogen-bond donors (Lipinski definition) is 2. The van der Waals surface area contributed by atoms with E-state index in [2.05, 4.69) is 10.6 Å². The van der Waals surface area contributed by atoms with Crippen molar-refractivity contribution in [3.63, 3.8) is 0 Å². The zero-order valence-electron chi connectivity index (χ0n) is 20.8. The Labute approximate surface area is 216 Å². The second-order valence-electron chi connectivity index (χ2n) is 8.74. The molecule has 4 aromatic rings. The third kappa shape index (κ3) is 6.29. The molecule has 0 aliphatic carbocycles. The molecule has 0 spiro atoms. The van der Waals surface area contributed by atoms with E-state index >= 15 is 0 Å². The molecule has 194 valence electrons. The number of sulfone groups is 1. The van der Waals surface area contributed by atoms with Crippen LogP contribution in [0.5, 0.6) is 5.75 Å². The van der Waals surface area contributed by atoms with Crippen molar-refractivity contribution in [2.45, 2.75) is 24.8 Å². The molecule has 0 aliphatic rings. The minimum absolute atomic E-state index is 0.0202. The molecule has 0 aliphatic heterocycles. The van der Waals surface area contributed by atoms with Gasteiger partial charge in [0.25, 0.3) is 0 Å². The standard InChI is InChI=1S/C28H30FN3O4S/c1-20-27(25-5-3-4-6-26(25)32(20)19-22-7-11-23(29)12-8-22)37(34,35)18-17-31-28(33)30-16-15-21-9-13-24(36-2)14-10-21/h3-14H,15-19H2,1-2H3,(H2,30,31,33). The summed E-state index contributed by atoms with van der Waals surface area (Å²) in [4.78, 5) is 12.5. The zero-order valence-corrected chi connectivity index (χ0v) is 21.6. The van der Waals surface area contributed by atoms with Gasteiger partial charge in [0.05, 0.1) is 17.8 Å². The predicted molar refractivity (Wildman–Crippen MR) is 142 cm³/mol. The Balaban J connectivity index is 1.39. The fraction of sp³-hybridized carbons (Fsp3) is 0.250. The fourth-order valence-corrected chi connectivity index (χ4v) is 5.99. The zero-order chi connectivity index (χ0) is 26.4. The molecule has 0 bridgehead atoms. The summed E-state index contributed by atoms with van der Waals surface area (Å²) < 4.78 is 47.1. The first kappa shape index (κ1) is 26.2. The number of ether oxygens (including phenoxy) is 1. The minimum atomic E-state index is -3.70. The molecular weight excluding hydrogens is 493 g/mol. The van der Waals surface area contributed by atoms with Gasteiger partial charge in [0.2, 0.25) is 0 Å². The first-order chi connectivity index (χ1) is 17.8. The van der Waals surface area contributed by atoms with Crippen LogP contribution in [0.15, 0.2) is 77.7 Å². The van der Waals surface area contributed by atoms with Gasteiger partial charge in [0.15, 0.2) is 9.84 Å². The van der Waals surface area contributed by atoms with Gasteiger partial charge in [-0.2, -0.15) is 0 Å². The maximum Gasteiger partial charge on any atom is 0.314 e. The molecule has 0 unspecified atom stereocenters. The minimum Gasteiger partial charge on any atom is -0.497 e. The lowest BCUT2D eigenvalue weighted by Crippen LogP contribution is -2.38. The van der Waals surface area contributed by atoms with E-state index < -0.39 is 15.9 Å². The first-order valence-electron chi connectivity index (χ1n) is 12.0. The van der Waals surface area contributed by atoms with E-state index in [1.54, 1.807) is 38.3 Å². The Morgan fingerprint density at radius 2 is 1.57 bits per heavy atom. The van der Waals surface area contributed by atoms with Crippen molar-refractivity contribution >= 4 is 26.8 Å². The molecule has 2 amide bonds. The van der Waals surface area contributed by atoms with Crippen LogP contribution in [0.25, 0.3) is 10.9 Å². The number of hydrogen-bond acceptors (Lipinski definition) is 4. The van der Waals surface area contributed by atoms with Gasteiger partial charge in [-0.25, -0.2) is 17.6 Å². The summed E-state index contributed by atoms with van der Waals surface area (Å²) in [5, 5.41) is 6.03. The van der Waals surface area contributed by atoms with Crippen LogP contribution in [-0.4, -0.2) is 45.0 Å². The lowest BCUT2D eigenvalue weighted by atomic mass is 10.1. The van der Waals surface area contributed by atoms with Crippen LogP contribution in [0.3, 0.4) is 0 Å². The number of para-hydroxylation sites is 1. The monoisotopic (exact) mass is 523 g/mol. The highest BCUT2D eigenvalue weighted by molar-refractivity contribution is 7.91. The van der Waals surface area contributed by atoms with E-state index in [1.165, 1.54) is 12.1 Å². The van der Waals surface area contributed by atoms with Gasteiger partial charge in [0, 0.05) is 36.2 Å². The van der Waals surface area contributed by atoms with E-state index in [4.69, 9.17) is 4.74 Å². The number of methoxy groups -OCH3 is 1. The number of nitrogens with one attached hydrogen (secondary N) is 2. The van der Waals surface area contributed by atoms with Crippen molar-refractivity contribution in [1.29, 1.82) is 0 Å². The molecular formula is C28H30FN3O4S. The smallest absolute Gasteiger partial charge is 0.314 e. The maximum absolute atomic E-state index is 13.4. The van der Waals surface area contributed by atoms with Crippen molar-refractivity contribution in [3.05, 3.63) is 95.4 Å². The van der Waals surface area contributed by atoms with Crippen LogP contribution in [0.1, 0.15) is 16.8 Å². The van der Waals surface area contributed by atoms with Crippen molar-refractivity contribution < 1.29 is 22.3 Å². The number of carbonyl (C=O) groups is 1. The molecule has 9 heteroatoms. The second kappa shape index (κ2) is 11.5. The largest absolute Gasteiger partial charge is 0.497 e. The molecule has 3 aromatic carbocycles. The highest BCUT2D eigenvalue weighted by atomic mass is 32.2. The Kier molecular flexibility index (Phi) is 8.13. The van der Waals surface area contributed by atoms with E-state index in [1.807, 2.05) is 41.0 Å². The SMILES string of the molecule is COc1ccc(CCNC(=O)NCCS(=O)(=O)c2c(C)n(Cc3ccc(F)cc3)c3ccccc23)cc1. The summed E-state index contributed by atoms with van der Waals surface area (Å²) in [6, 6.07) is 20.6. The molecule has 37 heavy (non-hydrogen) atoms. The highest BCUT2D eigenvalue weighted by Crippen LogP contribution is 2.31. The molecule has 7 nitrogen and oxygen atoms in total. The summed E-state index contributed by atoms with van der Waals surface area (Å²) in [7, 11) is -2.09. The van der Waals surface area contributed by atoms with Crippen LogP contribution in [0.2, 0.25) is 0 Å². The van der Waals surface area contributed by atoms with Gasteiger partial charge in [0.1, 0.15) is 11.6 Å². The van der Waals surface area contributed by atoms with Crippen LogP contribution < -0.4 is 15.4 Å². The normalized spacial score (nSPS) is 11.4. The van der Waals surface area contributed by atoms with Gasteiger partial charge in [-0.1, -0.05) is 42.5 Å². The van der Waals surface area contributed by atoms with Crippen LogP contribution >= 0.6 is 0 Å². The van der Waals surface area contributed by atoms with Crippen LogP contribution in [-0.2, 0) is 22.8 Å². The van der Waals surface area contributed by atoms with Crippen molar-refractivity contribution in [2.75, 3.05) is 26.0 Å². The van der Waals surface area contributed by atoms with Gasteiger partial charge >= 0.3 is 6.03 Å². The molecule has 0 radical (unpaired) electrons. The molecule has 0 saturated carbocycles. The first-order valence-corrected chi connectivity index (χ1v) is 13.6. The molecule has 0 atom stereocenters. The van der Waals surface area contributed by atoms with Crippen molar-refractivity contribution in [1.82, 2.24) is 15.2 Å². The number of fused-ring (bicyclic) bond motifs is 1. The molecule has 0 saturated heterocycles. The Bertz CT molecular complexity index is 1480. The molecule has 1 aromatic heterocycles. The third-order valence-electron chi connectivity index (χ3n) is 6.25. The number of benzene rings is 3. The Morgan fingerprint density at radius 1 is 0.919 bits per heavy atom. The Morgan fingerprint density at radius 3 is 2.27 bits per heavy atom. The molecule has 1 heterocycles. The van der Waals surface area contributed by atoms with Crippen molar-refractivity contribution in [3.8, 4) is 5.75 Å². The third-order valence-corrected chi connectivity index (χ3v) is 8.13. The number of nitrogens with zero attached hydrogens (tertiary/aromatic N) is 1. The summed E-state index contributed by atoms with van der Waals surface area (Å²) >= 11 is 0. The van der Waals surface area contributed by atoms with E-state index in [0.717, 1.165) is 22.4 Å². The number of carbonyl (C=O) groups excluding carboxylic acids is 1. The van der Waals surface area contributed by atoms with Crippen LogP contribution in [0, 0.1) is 12.7 Å². The highest BCUT2D eigenvalue weighted by Gasteiger charge is 2.25. The van der Waals surface area contributed by atoms with E-state index in [-0.39, 0.29) is 23.0 Å². The number of rotatable bonds is 10. The van der Waals surface area contributed by atoms with Gasteiger partial charge in [-0.15, -0.1) is 0 Å². The number of amides is 2. The quantitative estimate of drug-likeness (QED) is 0.321. The summed E-state index contributed by atoms with van der Waals surface area (Å²) in [6.07, 6.45) is 0.641. The van der Waals surface area contributed by atoms with Gasteiger partial charge in [-0.3, -0.25) is 0 Å². The topological polar surface area (TPSA) is 89.4 Å². The Hall–Kier alpha value is -3.85. The summed E-state index contributed by atoms with van der Waals surface area (Å²) in [5.41, 5.74) is 3.31. The maximum atomic E-state index is 13.4. The lowest BCUT2D eigenvalue weighted by Gasteiger charge is -2.10. The molecule has 2 N–H and O–H groups in total. The fourth-order valence-electron chi connectivity index (χ4n) is 4.34. The van der Waals surface area contributed by atoms with E-state index in [0.29, 0.717) is 30.6 Å². The lowest BCUT2D eigenvalue weighted by molar-refractivity contribution is 0.241. The number of aromatic nitrogens is 1. The second-order valence-corrected chi connectivity index (χ2v) is 10.8. The average Bonchev–Trinajstić information content (AvgIpc) is 3.17. The molecule has 0 fully saturated rings. The average molecular weight is 524 g/mol. The van der Waals surface area contributed by atoms with Gasteiger partial charge in [-0.05, 0) is 54.8 Å². The molecule has 4 rings (SSSR count). The number of halogens is 1. The van der Waals surface area contributed by atoms with Crippen LogP contribution in [0.4, 0.5) is 9.18 Å². The summed E-state index contributed by atoms with van der Waals surface area (Å²) in [6.45, 7) is 2.58. The summed E-state index contributed by atoms with van der Waals surface area (Å²) in [5.74, 6) is 0.215.